The summed E-state index contributed by atoms with van der Waals surface area (Å²) >= 11 is 0. The zero-order chi connectivity index (χ0) is 15.5. The molecule has 0 saturated heterocycles. The number of anilines is 1. The van der Waals surface area contributed by atoms with Gasteiger partial charge >= 0.3 is 6.03 Å². The maximum Gasteiger partial charge on any atom is 0.319 e. The molecule has 21 heavy (non-hydrogen) atoms. The summed E-state index contributed by atoms with van der Waals surface area (Å²) in [6, 6.07) is 7.08. The van der Waals surface area contributed by atoms with Crippen LogP contribution in [0.5, 0.6) is 5.75 Å². The molecule has 5 heteroatoms. The van der Waals surface area contributed by atoms with Crippen LogP contribution in [0.25, 0.3) is 0 Å². The minimum atomic E-state index is -0.206. The molecular weight excluding hydrogens is 266 g/mol. The molecule has 0 fully saturated rings. The topological polar surface area (TPSA) is 53.6 Å². The molecule has 1 rings (SSSR count). The highest BCUT2D eigenvalue weighted by Crippen LogP contribution is 2.17. The molecule has 1 aromatic rings. The molecule has 0 atom stereocenters. The smallest absolute Gasteiger partial charge is 0.319 e. The molecule has 0 radical (unpaired) electrons. The summed E-state index contributed by atoms with van der Waals surface area (Å²) in [6.45, 7) is 11.7. The number of likely N-dealkylation sites (N-methyl/N-ethyl adjacent to an activating group) is 1. The SMILES string of the molecule is C=CCOc1cccc(NC(=O)NCCN(CC)CC)c1. The van der Waals surface area contributed by atoms with Crippen LogP contribution >= 0.6 is 0 Å². The molecule has 0 aliphatic carbocycles. The minimum Gasteiger partial charge on any atom is -0.489 e. The van der Waals surface area contributed by atoms with E-state index >= 15 is 0 Å². The average molecular weight is 291 g/mol. The average Bonchev–Trinajstić information content (AvgIpc) is 2.50. The van der Waals surface area contributed by atoms with Crippen molar-refractivity contribution >= 4 is 11.7 Å². The highest BCUT2D eigenvalue weighted by Gasteiger charge is 2.04. The fourth-order valence-corrected chi connectivity index (χ4v) is 1.86. The predicted molar refractivity (Wildman–Crippen MR) is 86.9 cm³/mol. The van der Waals surface area contributed by atoms with Crippen LogP contribution in [0.3, 0.4) is 0 Å². The van der Waals surface area contributed by atoms with Crippen molar-refractivity contribution in [3.63, 3.8) is 0 Å². The van der Waals surface area contributed by atoms with Gasteiger partial charge < -0.3 is 20.3 Å². The van der Waals surface area contributed by atoms with Crippen LogP contribution in [0, 0.1) is 0 Å². The lowest BCUT2D eigenvalue weighted by Crippen LogP contribution is -2.36. The van der Waals surface area contributed by atoms with Crippen molar-refractivity contribution in [2.75, 3.05) is 38.1 Å². The molecule has 2 amide bonds. The second kappa shape index (κ2) is 9.83. The van der Waals surface area contributed by atoms with E-state index in [1.54, 1.807) is 12.1 Å². The molecule has 0 bridgehead atoms. The van der Waals surface area contributed by atoms with Gasteiger partial charge in [-0.25, -0.2) is 4.79 Å². The maximum atomic E-state index is 11.8. The van der Waals surface area contributed by atoms with E-state index in [9.17, 15) is 4.79 Å². The molecule has 0 unspecified atom stereocenters. The lowest BCUT2D eigenvalue weighted by Gasteiger charge is -2.18. The Labute approximate surface area is 127 Å². The number of carbonyl (C=O) groups excluding carboxylic acids is 1. The first-order valence-electron chi connectivity index (χ1n) is 7.30. The number of nitrogens with one attached hydrogen (secondary N) is 2. The van der Waals surface area contributed by atoms with Crippen molar-refractivity contribution in [2.45, 2.75) is 13.8 Å². The third-order valence-corrected chi connectivity index (χ3v) is 3.07. The first-order valence-corrected chi connectivity index (χ1v) is 7.30. The van der Waals surface area contributed by atoms with E-state index < -0.39 is 0 Å². The number of hydrogen-bond donors (Lipinski definition) is 2. The molecule has 2 N–H and O–H groups in total. The summed E-state index contributed by atoms with van der Waals surface area (Å²) in [4.78, 5) is 14.1. The van der Waals surface area contributed by atoms with Crippen molar-refractivity contribution in [3.8, 4) is 5.75 Å². The number of nitrogens with zero attached hydrogens (tertiary/aromatic N) is 1. The molecule has 0 spiro atoms. The molecule has 116 valence electrons. The molecule has 0 saturated carbocycles. The van der Waals surface area contributed by atoms with Gasteiger partial charge in [0.1, 0.15) is 12.4 Å². The monoisotopic (exact) mass is 291 g/mol. The minimum absolute atomic E-state index is 0.206. The largest absolute Gasteiger partial charge is 0.489 e. The van der Waals surface area contributed by atoms with Crippen LogP contribution in [0.1, 0.15) is 13.8 Å². The maximum absolute atomic E-state index is 11.8. The number of ether oxygens (including phenoxy) is 1. The number of benzene rings is 1. The molecule has 5 nitrogen and oxygen atoms in total. The summed E-state index contributed by atoms with van der Waals surface area (Å²) in [5.41, 5.74) is 0.705. The number of amides is 2. The van der Waals surface area contributed by atoms with Crippen molar-refractivity contribution in [2.24, 2.45) is 0 Å². The Morgan fingerprint density at radius 1 is 1.38 bits per heavy atom. The van der Waals surface area contributed by atoms with E-state index in [1.807, 2.05) is 18.2 Å². The number of hydrogen-bond acceptors (Lipinski definition) is 3. The van der Waals surface area contributed by atoms with Gasteiger partial charge in [0.25, 0.3) is 0 Å². The van der Waals surface area contributed by atoms with E-state index in [1.165, 1.54) is 0 Å². The lowest BCUT2D eigenvalue weighted by molar-refractivity contribution is 0.248. The zero-order valence-corrected chi connectivity index (χ0v) is 12.9. The summed E-state index contributed by atoms with van der Waals surface area (Å²) < 4.78 is 5.42. The van der Waals surface area contributed by atoms with Gasteiger partial charge in [0.2, 0.25) is 0 Å². The van der Waals surface area contributed by atoms with Gasteiger partial charge in [-0.05, 0) is 25.2 Å². The van der Waals surface area contributed by atoms with E-state index in [0.717, 1.165) is 19.6 Å². The van der Waals surface area contributed by atoms with Gasteiger partial charge in [-0.15, -0.1) is 0 Å². The van der Waals surface area contributed by atoms with Gasteiger partial charge in [0, 0.05) is 24.8 Å². The van der Waals surface area contributed by atoms with Gasteiger partial charge in [-0.3, -0.25) is 0 Å². The van der Waals surface area contributed by atoms with Crippen LogP contribution in [-0.4, -0.2) is 43.7 Å². The third-order valence-electron chi connectivity index (χ3n) is 3.07. The van der Waals surface area contributed by atoms with Crippen LogP contribution in [0.2, 0.25) is 0 Å². The van der Waals surface area contributed by atoms with E-state index in [2.05, 4.69) is 36.0 Å². The van der Waals surface area contributed by atoms with E-state index in [0.29, 0.717) is 24.6 Å². The molecular formula is C16H25N3O2. The summed E-state index contributed by atoms with van der Waals surface area (Å²) in [7, 11) is 0. The number of rotatable bonds is 9. The normalized spacial score (nSPS) is 10.2. The van der Waals surface area contributed by atoms with Gasteiger partial charge in [0.05, 0.1) is 0 Å². The van der Waals surface area contributed by atoms with Crippen LogP contribution in [0.15, 0.2) is 36.9 Å². The van der Waals surface area contributed by atoms with Crippen LogP contribution in [-0.2, 0) is 0 Å². The highest BCUT2D eigenvalue weighted by atomic mass is 16.5. The predicted octanol–water partition coefficient (Wildman–Crippen LogP) is 2.71. The first-order chi connectivity index (χ1) is 10.2. The quantitative estimate of drug-likeness (QED) is 0.688. The fraction of sp³-hybridized carbons (Fsp3) is 0.438. The van der Waals surface area contributed by atoms with E-state index in [-0.39, 0.29) is 6.03 Å². The molecule has 0 heterocycles. The first kappa shape index (κ1) is 17.0. The molecule has 0 aliphatic rings. The third kappa shape index (κ3) is 6.81. The molecule has 0 aliphatic heterocycles. The Balaban J connectivity index is 2.38. The summed E-state index contributed by atoms with van der Waals surface area (Å²) in [5.74, 6) is 0.704. The van der Waals surface area contributed by atoms with Crippen LogP contribution < -0.4 is 15.4 Å². The van der Waals surface area contributed by atoms with Crippen molar-refractivity contribution in [1.29, 1.82) is 0 Å². The van der Waals surface area contributed by atoms with Crippen molar-refractivity contribution in [3.05, 3.63) is 36.9 Å². The molecule has 1 aromatic carbocycles. The van der Waals surface area contributed by atoms with E-state index in [4.69, 9.17) is 4.74 Å². The number of carbonyl (C=O) groups is 1. The Hall–Kier alpha value is -2.01. The number of urea groups is 1. The lowest BCUT2D eigenvalue weighted by atomic mass is 10.3. The fourth-order valence-electron chi connectivity index (χ4n) is 1.86. The Morgan fingerprint density at radius 2 is 2.14 bits per heavy atom. The molecule has 0 aromatic heterocycles. The zero-order valence-electron chi connectivity index (χ0n) is 12.9. The Kier molecular flexibility index (Phi) is 7.97. The van der Waals surface area contributed by atoms with Gasteiger partial charge in [0.15, 0.2) is 0 Å². The Morgan fingerprint density at radius 3 is 2.81 bits per heavy atom. The Bertz CT molecular complexity index is 445. The second-order valence-electron chi connectivity index (χ2n) is 4.54. The van der Waals surface area contributed by atoms with Gasteiger partial charge in [-0.1, -0.05) is 32.6 Å². The van der Waals surface area contributed by atoms with Crippen molar-refractivity contribution in [1.82, 2.24) is 10.2 Å². The second-order valence-corrected chi connectivity index (χ2v) is 4.54. The summed E-state index contributed by atoms with van der Waals surface area (Å²) in [5, 5.41) is 5.64. The standard InChI is InChI=1S/C16H25N3O2/c1-4-12-21-15-9-7-8-14(13-15)18-16(20)17-10-11-19(5-2)6-3/h4,7-9,13H,1,5-6,10-12H2,2-3H3,(H2,17,18,20). The van der Waals surface area contributed by atoms with Crippen LogP contribution in [0.4, 0.5) is 10.5 Å². The highest BCUT2D eigenvalue weighted by molar-refractivity contribution is 5.89. The van der Waals surface area contributed by atoms with Crippen molar-refractivity contribution < 1.29 is 9.53 Å². The van der Waals surface area contributed by atoms with Gasteiger partial charge in [-0.2, -0.15) is 0 Å². The summed E-state index contributed by atoms with van der Waals surface area (Å²) in [6.07, 6.45) is 1.68.